The van der Waals surface area contributed by atoms with Crippen LogP contribution in [0.5, 0.6) is 0 Å². The molecule has 1 saturated heterocycles. The molecule has 134 valence electrons. The monoisotopic (exact) mass is 388 g/mol. The summed E-state index contributed by atoms with van der Waals surface area (Å²) in [5.74, 6) is -2.35. The van der Waals surface area contributed by atoms with E-state index in [2.05, 4.69) is 4.72 Å². The number of para-hydroxylation sites is 1. The minimum absolute atomic E-state index is 0.263. The van der Waals surface area contributed by atoms with Gasteiger partial charge in [0.25, 0.3) is 10.0 Å². The number of morpholine rings is 1. The molecule has 1 heterocycles. The second-order valence-corrected chi connectivity index (χ2v) is 7.51. The highest BCUT2D eigenvalue weighted by Gasteiger charge is 2.22. The van der Waals surface area contributed by atoms with Gasteiger partial charge in [0.2, 0.25) is 0 Å². The van der Waals surface area contributed by atoms with Gasteiger partial charge in [-0.05, 0) is 30.3 Å². The zero-order chi connectivity index (χ0) is 18.0. The second kappa shape index (κ2) is 7.15. The van der Waals surface area contributed by atoms with E-state index < -0.39 is 21.7 Å². The molecule has 2 aromatic carbocycles. The Morgan fingerprint density at radius 3 is 2.48 bits per heavy atom. The topological polar surface area (TPSA) is 58.6 Å². The van der Waals surface area contributed by atoms with E-state index in [1.807, 2.05) is 4.90 Å². The minimum Gasteiger partial charge on any atom is -0.378 e. The van der Waals surface area contributed by atoms with Crippen LogP contribution in [-0.2, 0) is 14.8 Å². The number of nitrogens with one attached hydrogen (secondary N) is 1. The molecule has 1 N–H and O–H groups in total. The van der Waals surface area contributed by atoms with Crippen molar-refractivity contribution in [3.05, 3.63) is 53.1 Å². The molecule has 0 saturated carbocycles. The van der Waals surface area contributed by atoms with Gasteiger partial charge in [-0.1, -0.05) is 17.7 Å². The molecule has 0 bridgehead atoms. The van der Waals surface area contributed by atoms with Crippen molar-refractivity contribution in [3.8, 4) is 0 Å². The lowest BCUT2D eigenvalue weighted by molar-refractivity contribution is 0.123. The summed E-state index contributed by atoms with van der Waals surface area (Å²) >= 11 is 6.26. The summed E-state index contributed by atoms with van der Waals surface area (Å²) < 4.78 is 59.2. The number of anilines is 2. The van der Waals surface area contributed by atoms with Crippen LogP contribution in [0.15, 0.2) is 41.3 Å². The van der Waals surface area contributed by atoms with Crippen LogP contribution in [0, 0.1) is 11.6 Å². The average Bonchev–Trinajstić information content (AvgIpc) is 2.58. The number of ether oxygens (including phenoxy) is 1. The molecule has 5 nitrogen and oxygen atoms in total. The first-order valence-corrected chi connectivity index (χ1v) is 9.34. The lowest BCUT2D eigenvalue weighted by Gasteiger charge is -2.31. The summed E-state index contributed by atoms with van der Waals surface area (Å²) in [6, 6.07) is 7.23. The van der Waals surface area contributed by atoms with Crippen LogP contribution in [0.2, 0.25) is 5.02 Å². The van der Waals surface area contributed by atoms with Gasteiger partial charge < -0.3 is 9.64 Å². The molecule has 1 aliphatic rings. The highest BCUT2D eigenvalue weighted by molar-refractivity contribution is 7.92. The van der Waals surface area contributed by atoms with Gasteiger partial charge in [-0.2, -0.15) is 0 Å². The van der Waals surface area contributed by atoms with Crippen LogP contribution < -0.4 is 9.62 Å². The minimum atomic E-state index is -4.10. The summed E-state index contributed by atoms with van der Waals surface area (Å²) in [6.45, 7) is 2.12. The summed E-state index contributed by atoms with van der Waals surface area (Å²) in [4.78, 5) is 1.54. The Hall–Kier alpha value is -1.90. The second-order valence-electron chi connectivity index (χ2n) is 5.42. The standard InChI is InChI=1S/C16H15ClF2N2O3S/c17-12-2-1-3-15(16(12)21-6-8-24-9-7-21)20-25(22,23)11-4-5-13(18)14(19)10-11/h1-5,10,20H,6-9H2. The van der Waals surface area contributed by atoms with Gasteiger partial charge in [0.05, 0.1) is 34.5 Å². The van der Waals surface area contributed by atoms with Gasteiger partial charge in [0.1, 0.15) is 0 Å². The van der Waals surface area contributed by atoms with E-state index in [9.17, 15) is 17.2 Å². The number of benzene rings is 2. The fourth-order valence-electron chi connectivity index (χ4n) is 2.55. The van der Waals surface area contributed by atoms with Crippen molar-refractivity contribution in [2.75, 3.05) is 35.9 Å². The maximum absolute atomic E-state index is 13.4. The van der Waals surface area contributed by atoms with E-state index in [1.165, 1.54) is 0 Å². The van der Waals surface area contributed by atoms with Crippen molar-refractivity contribution in [1.29, 1.82) is 0 Å². The molecule has 25 heavy (non-hydrogen) atoms. The first kappa shape index (κ1) is 17.9. The molecule has 3 rings (SSSR count). The molecule has 9 heteroatoms. The van der Waals surface area contributed by atoms with Crippen molar-refractivity contribution >= 4 is 33.0 Å². The first-order chi connectivity index (χ1) is 11.9. The fraction of sp³-hybridized carbons (Fsp3) is 0.250. The normalized spacial score (nSPS) is 15.2. The van der Waals surface area contributed by atoms with Crippen LogP contribution in [0.1, 0.15) is 0 Å². The number of sulfonamides is 1. The highest BCUT2D eigenvalue weighted by Crippen LogP contribution is 2.35. The van der Waals surface area contributed by atoms with Gasteiger partial charge in [0.15, 0.2) is 11.6 Å². The van der Waals surface area contributed by atoms with Crippen molar-refractivity contribution in [3.63, 3.8) is 0 Å². The van der Waals surface area contributed by atoms with Crippen molar-refractivity contribution in [1.82, 2.24) is 0 Å². The van der Waals surface area contributed by atoms with Gasteiger partial charge in [-0.3, -0.25) is 4.72 Å². The predicted molar refractivity (Wildman–Crippen MR) is 91.7 cm³/mol. The number of nitrogens with zero attached hydrogens (tertiary/aromatic N) is 1. The van der Waals surface area contributed by atoms with Gasteiger partial charge in [-0.25, -0.2) is 17.2 Å². The van der Waals surface area contributed by atoms with Crippen LogP contribution in [-0.4, -0.2) is 34.7 Å². The maximum Gasteiger partial charge on any atom is 0.262 e. The van der Waals surface area contributed by atoms with E-state index in [0.29, 0.717) is 43.1 Å². The third-order valence-electron chi connectivity index (χ3n) is 3.76. The van der Waals surface area contributed by atoms with Crippen LogP contribution in [0.3, 0.4) is 0 Å². The zero-order valence-electron chi connectivity index (χ0n) is 13.0. The first-order valence-electron chi connectivity index (χ1n) is 7.47. The Balaban J connectivity index is 1.96. The molecule has 1 fully saturated rings. The van der Waals surface area contributed by atoms with Crippen molar-refractivity contribution in [2.45, 2.75) is 4.90 Å². The van der Waals surface area contributed by atoms with Crippen LogP contribution in [0.25, 0.3) is 0 Å². The Morgan fingerprint density at radius 1 is 1.08 bits per heavy atom. The quantitative estimate of drug-likeness (QED) is 0.873. The number of rotatable bonds is 4. The molecule has 0 amide bonds. The van der Waals surface area contributed by atoms with E-state index >= 15 is 0 Å². The molecule has 0 spiro atoms. The van der Waals surface area contributed by atoms with Gasteiger partial charge >= 0.3 is 0 Å². The lowest BCUT2D eigenvalue weighted by Crippen LogP contribution is -2.37. The third-order valence-corrected chi connectivity index (χ3v) is 5.43. The van der Waals surface area contributed by atoms with E-state index in [-0.39, 0.29) is 10.6 Å². The van der Waals surface area contributed by atoms with Gasteiger partial charge in [0, 0.05) is 13.1 Å². The largest absolute Gasteiger partial charge is 0.378 e. The third kappa shape index (κ3) is 3.86. The van der Waals surface area contributed by atoms with E-state index in [1.54, 1.807) is 18.2 Å². The molecular formula is C16H15ClF2N2O3S. The fourth-order valence-corrected chi connectivity index (χ4v) is 3.93. The molecular weight excluding hydrogens is 374 g/mol. The van der Waals surface area contributed by atoms with Crippen LogP contribution in [0.4, 0.5) is 20.2 Å². The van der Waals surface area contributed by atoms with Crippen molar-refractivity contribution in [2.24, 2.45) is 0 Å². The smallest absolute Gasteiger partial charge is 0.262 e. The Morgan fingerprint density at radius 2 is 1.80 bits per heavy atom. The van der Waals surface area contributed by atoms with Gasteiger partial charge in [-0.15, -0.1) is 0 Å². The summed E-state index contributed by atoms with van der Waals surface area (Å²) in [5.41, 5.74) is 0.790. The molecule has 0 aliphatic carbocycles. The van der Waals surface area contributed by atoms with Crippen molar-refractivity contribution < 1.29 is 21.9 Å². The Labute approximate surface area is 149 Å². The predicted octanol–water partition coefficient (Wildman–Crippen LogP) is 3.26. The maximum atomic E-state index is 13.4. The van der Waals surface area contributed by atoms with Crippen LogP contribution >= 0.6 is 11.6 Å². The summed E-state index contributed by atoms with van der Waals surface area (Å²) in [6.07, 6.45) is 0. The van der Waals surface area contributed by atoms with E-state index in [0.717, 1.165) is 12.1 Å². The Kier molecular flexibility index (Phi) is 5.12. The average molecular weight is 389 g/mol. The molecule has 1 aliphatic heterocycles. The molecule has 0 aromatic heterocycles. The summed E-state index contributed by atoms with van der Waals surface area (Å²) in [7, 11) is -4.10. The Bertz CT molecular complexity index is 887. The van der Waals surface area contributed by atoms with E-state index in [4.69, 9.17) is 16.3 Å². The lowest BCUT2D eigenvalue weighted by atomic mass is 10.2. The molecule has 2 aromatic rings. The number of hydrogen-bond acceptors (Lipinski definition) is 4. The zero-order valence-corrected chi connectivity index (χ0v) is 14.6. The summed E-state index contributed by atoms with van der Waals surface area (Å²) in [5, 5.41) is 0.382. The molecule has 0 unspecified atom stereocenters. The highest BCUT2D eigenvalue weighted by atomic mass is 35.5. The molecule has 0 atom stereocenters. The SMILES string of the molecule is O=S(=O)(Nc1cccc(Cl)c1N1CCOCC1)c1ccc(F)c(F)c1. The molecule has 0 radical (unpaired) electrons. The number of halogens is 3. The number of hydrogen-bond donors (Lipinski definition) is 1.